The average molecular weight is 391 g/mol. The largest absolute Gasteiger partial charge is 0.481 e. The lowest BCUT2D eigenvalue weighted by molar-refractivity contribution is -0.143. The Morgan fingerprint density at radius 3 is 2.65 bits per heavy atom. The first kappa shape index (κ1) is 18.9. The fraction of sp³-hybridized carbons (Fsp3) is 0.421. The quantitative estimate of drug-likeness (QED) is 0.779. The van der Waals surface area contributed by atoms with Crippen LogP contribution >= 0.6 is 23.1 Å². The van der Waals surface area contributed by atoms with Gasteiger partial charge >= 0.3 is 5.97 Å². The Morgan fingerprint density at radius 1 is 1.31 bits per heavy atom. The topological polar surface area (TPSA) is 70.5 Å². The number of hydrogen-bond acceptors (Lipinski definition) is 5. The SMILES string of the molecule is Cc1nc(CSc2ccc(C(=O)N3CC(C(=O)O)CCC3C)cc2)cs1. The third-order valence-corrected chi connectivity index (χ3v) is 6.51. The molecular formula is C19H22N2O3S2. The highest BCUT2D eigenvalue weighted by Gasteiger charge is 2.32. The third kappa shape index (κ3) is 4.45. The van der Waals surface area contributed by atoms with Gasteiger partial charge in [-0.2, -0.15) is 0 Å². The maximum Gasteiger partial charge on any atom is 0.308 e. The molecule has 1 aliphatic heterocycles. The molecule has 5 nitrogen and oxygen atoms in total. The van der Waals surface area contributed by atoms with Crippen LogP contribution in [-0.2, 0) is 10.5 Å². The second-order valence-electron chi connectivity index (χ2n) is 6.59. The van der Waals surface area contributed by atoms with E-state index in [-0.39, 0.29) is 18.5 Å². The molecule has 2 unspecified atom stereocenters. The molecule has 0 radical (unpaired) electrons. The van der Waals surface area contributed by atoms with Crippen LogP contribution in [0.3, 0.4) is 0 Å². The lowest BCUT2D eigenvalue weighted by Crippen LogP contribution is -2.47. The first-order chi connectivity index (χ1) is 12.4. The van der Waals surface area contributed by atoms with Gasteiger partial charge in [0.15, 0.2) is 0 Å². The van der Waals surface area contributed by atoms with Crippen LogP contribution in [0.5, 0.6) is 0 Å². The molecule has 1 aromatic heterocycles. The number of aryl methyl sites for hydroxylation is 1. The van der Waals surface area contributed by atoms with Gasteiger partial charge in [0, 0.05) is 34.2 Å². The van der Waals surface area contributed by atoms with E-state index in [9.17, 15) is 14.7 Å². The van der Waals surface area contributed by atoms with E-state index in [4.69, 9.17) is 0 Å². The predicted molar refractivity (Wildman–Crippen MR) is 104 cm³/mol. The number of benzene rings is 1. The number of piperidine rings is 1. The predicted octanol–water partition coefficient (Wildman–Crippen LogP) is 4.07. The number of rotatable bonds is 5. The highest BCUT2D eigenvalue weighted by atomic mass is 32.2. The minimum absolute atomic E-state index is 0.0695. The number of nitrogens with zero attached hydrogens (tertiary/aromatic N) is 2. The molecule has 0 aliphatic carbocycles. The molecule has 0 spiro atoms. The minimum Gasteiger partial charge on any atom is -0.481 e. The van der Waals surface area contributed by atoms with Crippen molar-refractivity contribution in [3.8, 4) is 0 Å². The van der Waals surface area contributed by atoms with E-state index < -0.39 is 11.9 Å². The Morgan fingerprint density at radius 2 is 2.04 bits per heavy atom. The van der Waals surface area contributed by atoms with Crippen LogP contribution in [0.25, 0.3) is 0 Å². The van der Waals surface area contributed by atoms with Gasteiger partial charge in [0.1, 0.15) is 0 Å². The molecule has 138 valence electrons. The number of amides is 1. The summed E-state index contributed by atoms with van der Waals surface area (Å²) in [4.78, 5) is 31.3. The molecule has 7 heteroatoms. The van der Waals surface area contributed by atoms with Crippen molar-refractivity contribution in [1.29, 1.82) is 0 Å². The number of aromatic nitrogens is 1. The van der Waals surface area contributed by atoms with Gasteiger partial charge < -0.3 is 10.0 Å². The van der Waals surface area contributed by atoms with E-state index in [1.165, 1.54) is 0 Å². The fourth-order valence-electron chi connectivity index (χ4n) is 3.08. The second kappa shape index (κ2) is 8.22. The Bertz CT molecular complexity index is 788. The summed E-state index contributed by atoms with van der Waals surface area (Å²) in [5.41, 5.74) is 1.68. The molecular weight excluding hydrogens is 368 g/mol. The number of aliphatic carboxylic acids is 1. The van der Waals surface area contributed by atoms with Gasteiger partial charge in [-0.05, 0) is 51.0 Å². The summed E-state index contributed by atoms with van der Waals surface area (Å²) >= 11 is 3.34. The molecule has 3 rings (SSSR count). The molecule has 1 saturated heterocycles. The van der Waals surface area contributed by atoms with Gasteiger partial charge in [-0.1, -0.05) is 0 Å². The first-order valence-corrected chi connectivity index (χ1v) is 10.5. The van der Waals surface area contributed by atoms with Crippen molar-refractivity contribution in [3.63, 3.8) is 0 Å². The van der Waals surface area contributed by atoms with E-state index in [0.717, 1.165) is 27.8 Å². The van der Waals surface area contributed by atoms with Gasteiger partial charge in [-0.3, -0.25) is 9.59 Å². The van der Waals surface area contributed by atoms with E-state index in [2.05, 4.69) is 10.4 Å². The number of carboxylic acids is 1. The van der Waals surface area contributed by atoms with Crippen LogP contribution in [0.15, 0.2) is 34.5 Å². The van der Waals surface area contributed by atoms with Crippen molar-refractivity contribution in [2.45, 2.75) is 43.4 Å². The lowest BCUT2D eigenvalue weighted by Gasteiger charge is -2.36. The summed E-state index contributed by atoms with van der Waals surface area (Å²) in [5.74, 6) is -0.568. The minimum atomic E-state index is -0.821. The summed E-state index contributed by atoms with van der Waals surface area (Å²) in [6.45, 7) is 4.26. The number of thiazole rings is 1. The van der Waals surface area contributed by atoms with Crippen LogP contribution < -0.4 is 0 Å². The zero-order valence-electron chi connectivity index (χ0n) is 14.8. The van der Waals surface area contributed by atoms with E-state index >= 15 is 0 Å². The zero-order chi connectivity index (χ0) is 18.7. The van der Waals surface area contributed by atoms with Crippen LogP contribution in [0, 0.1) is 12.8 Å². The average Bonchev–Trinajstić information content (AvgIpc) is 3.05. The highest BCUT2D eigenvalue weighted by molar-refractivity contribution is 7.98. The van der Waals surface area contributed by atoms with Crippen LogP contribution in [-0.4, -0.2) is 39.5 Å². The number of carboxylic acid groups (broad SMARTS) is 1. The van der Waals surface area contributed by atoms with Gasteiger partial charge in [0.25, 0.3) is 5.91 Å². The molecule has 2 heterocycles. The maximum absolute atomic E-state index is 12.8. The number of carbonyl (C=O) groups excluding carboxylic acids is 1. The molecule has 2 atom stereocenters. The number of thioether (sulfide) groups is 1. The van der Waals surface area contributed by atoms with Crippen LogP contribution in [0.4, 0.5) is 0 Å². The smallest absolute Gasteiger partial charge is 0.308 e. The van der Waals surface area contributed by atoms with Gasteiger partial charge in [0.2, 0.25) is 0 Å². The Kier molecular flexibility index (Phi) is 5.98. The van der Waals surface area contributed by atoms with Crippen molar-refractivity contribution < 1.29 is 14.7 Å². The molecule has 1 N–H and O–H groups in total. The highest BCUT2D eigenvalue weighted by Crippen LogP contribution is 2.26. The Balaban J connectivity index is 1.63. The second-order valence-corrected chi connectivity index (χ2v) is 8.70. The van der Waals surface area contributed by atoms with E-state index in [0.29, 0.717) is 12.0 Å². The Labute approximate surface area is 161 Å². The first-order valence-electron chi connectivity index (χ1n) is 8.61. The van der Waals surface area contributed by atoms with Gasteiger partial charge in [-0.15, -0.1) is 23.1 Å². The van der Waals surface area contributed by atoms with Crippen molar-refractivity contribution in [2.24, 2.45) is 5.92 Å². The summed E-state index contributed by atoms with van der Waals surface area (Å²) in [6.07, 6.45) is 1.36. The number of likely N-dealkylation sites (tertiary alicyclic amines) is 1. The number of carbonyl (C=O) groups is 2. The standard InChI is InChI=1S/C19H22N2O3S2/c1-12-3-4-15(19(23)24)9-21(12)18(22)14-5-7-17(8-6-14)26-11-16-10-25-13(2)20-16/h5-8,10,12,15H,3-4,9,11H2,1-2H3,(H,23,24). The zero-order valence-corrected chi connectivity index (χ0v) is 16.5. The molecule has 1 aromatic carbocycles. The summed E-state index contributed by atoms with van der Waals surface area (Å²) in [7, 11) is 0. The summed E-state index contributed by atoms with van der Waals surface area (Å²) < 4.78 is 0. The molecule has 1 fully saturated rings. The van der Waals surface area contributed by atoms with Crippen LogP contribution in [0.1, 0.15) is 40.8 Å². The molecule has 1 amide bonds. The molecule has 0 bridgehead atoms. The Hall–Kier alpha value is -1.86. The van der Waals surface area contributed by atoms with Crippen molar-refractivity contribution in [1.82, 2.24) is 9.88 Å². The van der Waals surface area contributed by atoms with E-state index in [1.807, 2.05) is 38.1 Å². The van der Waals surface area contributed by atoms with Crippen molar-refractivity contribution >= 4 is 35.0 Å². The fourth-order valence-corrected chi connectivity index (χ4v) is 4.59. The molecule has 26 heavy (non-hydrogen) atoms. The van der Waals surface area contributed by atoms with Crippen LogP contribution in [0.2, 0.25) is 0 Å². The summed E-state index contributed by atoms with van der Waals surface area (Å²) in [5, 5.41) is 12.4. The monoisotopic (exact) mass is 390 g/mol. The van der Waals surface area contributed by atoms with E-state index in [1.54, 1.807) is 28.0 Å². The van der Waals surface area contributed by atoms with Crippen molar-refractivity contribution in [2.75, 3.05) is 6.54 Å². The molecule has 0 saturated carbocycles. The van der Waals surface area contributed by atoms with Gasteiger partial charge in [-0.25, -0.2) is 4.98 Å². The summed E-state index contributed by atoms with van der Waals surface area (Å²) in [6, 6.07) is 7.61. The normalized spacial score (nSPS) is 20.2. The lowest BCUT2D eigenvalue weighted by atomic mass is 9.93. The number of hydrogen-bond donors (Lipinski definition) is 1. The van der Waals surface area contributed by atoms with Gasteiger partial charge in [0.05, 0.1) is 16.6 Å². The third-order valence-electron chi connectivity index (χ3n) is 4.65. The van der Waals surface area contributed by atoms with Crippen molar-refractivity contribution in [3.05, 3.63) is 45.9 Å². The maximum atomic E-state index is 12.8. The molecule has 2 aromatic rings. The molecule has 1 aliphatic rings.